The van der Waals surface area contributed by atoms with E-state index in [1.54, 1.807) is 11.9 Å². The Morgan fingerprint density at radius 1 is 1.22 bits per heavy atom. The SMILES string of the molecule is CCN1CCN(CC(=O)N(C)CCC(N)C(C)C)C(=O)C1=O.Cl. The number of halogens is 1. The molecule has 1 aliphatic rings. The third-order valence-electron chi connectivity index (χ3n) is 4.18. The van der Waals surface area contributed by atoms with Crippen LogP contribution in [0.25, 0.3) is 0 Å². The second-order valence-corrected chi connectivity index (χ2v) is 6.12. The predicted molar refractivity (Wildman–Crippen MR) is 91.1 cm³/mol. The van der Waals surface area contributed by atoms with E-state index in [2.05, 4.69) is 0 Å². The molecule has 0 spiro atoms. The maximum Gasteiger partial charge on any atom is 0.312 e. The zero-order valence-corrected chi connectivity index (χ0v) is 15.3. The number of amides is 3. The number of rotatable bonds is 7. The van der Waals surface area contributed by atoms with Crippen molar-refractivity contribution in [2.75, 3.05) is 39.8 Å². The smallest absolute Gasteiger partial charge is 0.312 e. The first-order valence-electron chi connectivity index (χ1n) is 7.85. The van der Waals surface area contributed by atoms with Crippen molar-refractivity contribution in [3.05, 3.63) is 0 Å². The predicted octanol–water partition coefficient (Wildman–Crippen LogP) is -0.0693. The number of nitrogens with zero attached hydrogens (tertiary/aromatic N) is 3. The van der Waals surface area contributed by atoms with Crippen LogP contribution in [-0.2, 0) is 14.4 Å². The maximum atomic E-state index is 12.2. The van der Waals surface area contributed by atoms with Crippen LogP contribution in [0.4, 0.5) is 0 Å². The maximum absolute atomic E-state index is 12.2. The highest BCUT2D eigenvalue weighted by Crippen LogP contribution is 2.07. The molecule has 7 nitrogen and oxygen atoms in total. The van der Waals surface area contributed by atoms with Gasteiger partial charge in [-0.2, -0.15) is 0 Å². The minimum Gasteiger partial charge on any atom is -0.344 e. The molecule has 0 saturated carbocycles. The fourth-order valence-electron chi connectivity index (χ4n) is 2.25. The van der Waals surface area contributed by atoms with Crippen molar-refractivity contribution in [1.82, 2.24) is 14.7 Å². The van der Waals surface area contributed by atoms with Gasteiger partial charge in [-0.05, 0) is 19.3 Å². The van der Waals surface area contributed by atoms with Crippen molar-refractivity contribution < 1.29 is 14.4 Å². The molecule has 0 aromatic rings. The molecule has 0 bridgehead atoms. The Hall–Kier alpha value is -1.34. The van der Waals surface area contributed by atoms with Gasteiger partial charge in [0.1, 0.15) is 6.54 Å². The van der Waals surface area contributed by atoms with Gasteiger partial charge in [0.15, 0.2) is 0 Å². The molecule has 1 aliphatic heterocycles. The molecule has 1 unspecified atom stereocenters. The minimum absolute atomic E-state index is 0. The van der Waals surface area contributed by atoms with Gasteiger partial charge in [0, 0.05) is 39.3 Å². The van der Waals surface area contributed by atoms with Crippen molar-refractivity contribution in [2.45, 2.75) is 33.2 Å². The van der Waals surface area contributed by atoms with E-state index in [0.29, 0.717) is 32.1 Å². The van der Waals surface area contributed by atoms with Crippen LogP contribution in [0.15, 0.2) is 0 Å². The summed E-state index contributed by atoms with van der Waals surface area (Å²) in [5, 5.41) is 0. The molecular weight excluding hydrogens is 320 g/mol. The van der Waals surface area contributed by atoms with Crippen LogP contribution in [0.1, 0.15) is 27.2 Å². The van der Waals surface area contributed by atoms with Gasteiger partial charge in [-0.15, -0.1) is 12.4 Å². The molecule has 1 atom stereocenters. The molecule has 3 amide bonds. The van der Waals surface area contributed by atoms with Gasteiger partial charge < -0.3 is 20.4 Å². The third kappa shape index (κ3) is 5.99. The molecule has 8 heteroatoms. The van der Waals surface area contributed by atoms with Crippen molar-refractivity contribution >= 4 is 30.1 Å². The number of carbonyl (C=O) groups excluding carboxylic acids is 3. The Bertz CT molecular complexity index is 431. The summed E-state index contributed by atoms with van der Waals surface area (Å²) in [7, 11) is 1.70. The van der Waals surface area contributed by atoms with Gasteiger partial charge in [-0.25, -0.2) is 0 Å². The van der Waals surface area contributed by atoms with Gasteiger partial charge in [0.05, 0.1) is 0 Å². The lowest BCUT2D eigenvalue weighted by molar-refractivity contribution is -0.157. The van der Waals surface area contributed by atoms with E-state index in [1.165, 1.54) is 9.80 Å². The molecule has 0 aliphatic carbocycles. The number of hydrogen-bond acceptors (Lipinski definition) is 4. The first-order chi connectivity index (χ1) is 10.3. The summed E-state index contributed by atoms with van der Waals surface area (Å²) in [6.45, 7) is 7.83. The third-order valence-corrected chi connectivity index (χ3v) is 4.18. The fraction of sp³-hybridized carbons (Fsp3) is 0.800. The normalized spacial score (nSPS) is 16.4. The second kappa shape index (κ2) is 9.72. The highest BCUT2D eigenvalue weighted by atomic mass is 35.5. The summed E-state index contributed by atoms with van der Waals surface area (Å²) in [6, 6.07) is 0.0477. The lowest BCUT2D eigenvalue weighted by Gasteiger charge is -2.33. The topological polar surface area (TPSA) is 86.9 Å². The van der Waals surface area contributed by atoms with Crippen molar-refractivity contribution in [3.8, 4) is 0 Å². The number of nitrogens with two attached hydrogens (primary N) is 1. The number of likely N-dealkylation sites (N-methyl/N-ethyl adjacent to an activating group) is 2. The van der Waals surface area contributed by atoms with E-state index in [1.807, 2.05) is 20.8 Å². The molecule has 23 heavy (non-hydrogen) atoms. The van der Waals surface area contributed by atoms with E-state index in [-0.39, 0.29) is 30.9 Å². The summed E-state index contributed by atoms with van der Waals surface area (Å²) in [5.74, 6) is -0.911. The summed E-state index contributed by atoms with van der Waals surface area (Å²) in [6.07, 6.45) is 0.719. The monoisotopic (exact) mass is 348 g/mol. The summed E-state index contributed by atoms with van der Waals surface area (Å²) < 4.78 is 0. The fourth-order valence-corrected chi connectivity index (χ4v) is 2.25. The Kier molecular flexibility index (Phi) is 9.16. The molecular formula is C15H29ClN4O3. The zero-order chi connectivity index (χ0) is 16.9. The van der Waals surface area contributed by atoms with Gasteiger partial charge in [-0.1, -0.05) is 13.8 Å². The number of piperazine rings is 1. The molecule has 2 N–H and O–H groups in total. The van der Waals surface area contributed by atoms with Crippen LogP contribution in [-0.4, -0.2) is 78.2 Å². The summed E-state index contributed by atoms with van der Waals surface area (Å²) >= 11 is 0. The summed E-state index contributed by atoms with van der Waals surface area (Å²) in [4.78, 5) is 40.3. The standard InChI is InChI=1S/C15H28N4O3.ClH/c1-5-18-8-9-19(15(22)14(18)21)10-13(20)17(4)7-6-12(16)11(2)3;/h11-12H,5-10,16H2,1-4H3;1H. The highest BCUT2D eigenvalue weighted by molar-refractivity contribution is 6.35. The van der Waals surface area contributed by atoms with Crippen molar-refractivity contribution in [3.63, 3.8) is 0 Å². The highest BCUT2D eigenvalue weighted by Gasteiger charge is 2.32. The van der Waals surface area contributed by atoms with Crippen molar-refractivity contribution in [2.24, 2.45) is 11.7 Å². The molecule has 0 aromatic heterocycles. The Morgan fingerprint density at radius 2 is 1.74 bits per heavy atom. The van der Waals surface area contributed by atoms with E-state index >= 15 is 0 Å². The van der Waals surface area contributed by atoms with Crippen LogP contribution in [0.3, 0.4) is 0 Å². The molecule has 1 saturated heterocycles. The lowest BCUT2D eigenvalue weighted by atomic mass is 10.0. The average Bonchev–Trinajstić information content (AvgIpc) is 2.49. The molecule has 0 radical (unpaired) electrons. The van der Waals surface area contributed by atoms with Crippen LogP contribution >= 0.6 is 12.4 Å². The average molecular weight is 349 g/mol. The van der Waals surface area contributed by atoms with E-state index in [9.17, 15) is 14.4 Å². The van der Waals surface area contributed by atoms with Gasteiger partial charge in [0.2, 0.25) is 5.91 Å². The van der Waals surface area contributed by atoms with Gasteiger partial charge >= 0.3 is 11.8 Å². The van der Waals surface area contributed by atoms with E-state index < -0.39 is 11.8 Å². The van der Waals surface area contributed by atoms with Crippen molar-refractivity contribution in [1.29, 1.82) is 0 Å². The van der Waals surface area contributed by atoms with E-state index in [0.717, 1.165) is 6.42 Å². The lowest BCUT2D eigenvalue weighted by Crippen LogP contribution is -2.56. The first kappa shape index (κ1) is 21.7. The molecule has 134 valence electrons. The number of carbonyl (C=O) groups is 3. The van der Waals surface area contributed by atoms with Gasteiger partial charge in [0.25, 0.3) is 0 Å². The Labute approximate surface area is 144 Å². The largest absolute Gasteiger partial charge is 0.344 e. The molecule has 0 aromatic carbocycles. The Morgan fingerprint density at radius 3 is 2.26 bits per heavy atom. The minimum atomic E-state index is -0.589. The molecule has 1 rings (SSSR count). The van der Waals surface area contributed by atoms with Crippen LogP contribution in [0, 0.1) is 5.92 Å². The molecule has 1 heterocycles. The van der Waals surface area contributed by atoms with Crippen LogP contribution in [0.2, 0.25) is 0 Å². The summed E-state index contributed by atoms with van der Waals surface area (Å²) in [5.41, 5.74) is 5.97. The Balaban J connectivity index is 0.00000484. The molecule has 1 fully saturated rings. The number of hydrogen-bond donors (Lipinski definition) is 1. The van der Waals surface area contributed by atoms with Crippen LogP contribution in [0.5, 0.6) is 0 Å². The first-order valence-corrected chi connectivity index (χ1v) is 7.85. The van der Waals surface area contributed by atoms with Crippen LogP contribution < -0.4 is 5.73 Å². The van der Waals surface area contributed by atoms with E-state index in [4.69, 9.17) is 5.73 Å². The quantitative estimate of drug-likeness (QED) is 0.652. The second-order valence-electron chi connectivity index (χ2n) is 6.12. The zero-order valence-electron chi connectivity index (χ0n) is 14.4. The van der Waals surface area contributed by atoms with Gasteiger partial charge in [-0.3, -0.25) is 14.4 Å².